The molecule has 1 aromatic carbocycles. The summed E-state index contributed by atoms with van der Waals surface area (Å²) >= 11 is 0. The van der Waals surface area contributed by atoms with Crippen LogP contribution in [0.25, 0.3) is 0 Å². The molecule has 2 atom stereocenters. The maximum Gasteiger partial charge on any atom is 0.161 e. The van der Waals surface area contributed by atoms with Crippen molar-refractivity contribution in [2.75, 3.05) is 6.61 Å². The fourth-order valence-corrected chi connectivity index (χ4v) is 1.68. The standard InChI is InChI=1S/C11H15NO2/c1-2-14-10-5-3-4-7(11(10)13)8-6-9(8)12/h3-5,8-9,13H,2,6,12H2,1H3/t8-,9+/m0/s1. The van der Waals surface area contributed by atoms with E-state index in [4.69, 9.17) is 10.5 Å². The first-order chi connectivity index (χ1) is 6.74. The summed E-state index contributed by atoms with van der Waals surface area (Å²) in [5, 5.41) is 9.87. The molecule has 0 radical (unpaired) electrons. The third-order valence-electron chi connectivity index (χ3n) is 2.57. The highest BCUT2D eigenvalue weighted by molar-refractivity contribution is 5.49. The van der Waals surface area contributed by atoms with Crippen LogP contribution in [-0.2, 0) is 0 Å². The molecule has 0 spiro atoms. The van der Waals surface area contributed by atoms with Crippen LogP contribution in [0.4, 0.5) is 0 Å². The number of benzene rings is 1. The minimum atomic E-state index is 0.206. The monoisotopic (exact) mass is 193 g/mol. The Labute approximate surface area is 83.5 Å². The lowest BCUT2D eigenvalue weighted by atomic mass is 10.1. The predicted octanol–water partition coefficient (Wildman–Crippen LogP) is 1.61. The Hall–Kier alpha value is -1.22. The molecule has 1 aliphatic rings. The van der Waals surface area contributed by atoms with E-state index in [0.29, 0.717) is 18.3 Å². The van der Waals surface area contributed by atoms with E-state index in [1.165, 1.54) is 0 Å². The van der Waals surface area contributed by atoms with E-state index in [1.807, 2.05) is 19.1 Å². The molecule has 0 unspecified atom stereocenters. The molecule has 2 rings (SSSR count). The van der Waals surface area contributed by atoms with Crippen LogP contribution >= 0.6 is 0 Å². The summed E-state index contributed by atoms with van der Waals surface area (Å²) in [6, 6.07) is 5.79. The highest BCUT2D eigenvalue weighted by Gasteiger charge is 2.37. The van der Waals surface area contributed by atoms with Crippen LogP contribution in [0.15, 0.2) is 18.2 Å². The van der Waals surface area contributed by atoms with Gasteiger partial charge in [-0.3, -0.25) is 0 Å². The van der Waals surface area contributed by atoms with Gasteiger partial charge in [0.15, 0.2) is 11.5 Å². The van der Waals surface area contributed by atoms with Crippen LogP contribution < -0.4 is 10.5 Å². The summed E-state index contributed by atoms with van der Waals surface area (Å²) in [6.45, 7) is 2.46. The van der Waals surface area contributed by atoms with E-state index in [1.54, 1.807) is 6.07 Å². The van der Waals surface area contributed by atoms with E-state index in [-0.39, 0.29) is 11.8 Å². The molecule has 1 aromatic rings. The molecule has 76 valence electrons. The van der Waals surface area contributed by atoms with Gasteiger partial charge in [0, 0.05) is 17.5 Å². The Bertz CT molecular complexity index is 338. The molecule has 0 amide bonds. The molecule has 0 aliphatic heterocycles. The fraction of sp³-hybridized carbons (Fsp3) is 0.455. The van der Waals surface area contributed by atoms with Gasteiger partial charge in [-0.25, -0.2) is 0 Å². The fourth-order valence-electron chi connectivity index (χ4n) is 1.68. The second-order valence-electron chi connectivity index (χ2n) is 3.63. The van der Waals surface area contributed by atoms with Gasteiger partial charge in [-0.05, 0) is 19.4 Å². The molecular formula is C11H15NO2. The van der Waals surface area contributed by atoms with Crippen LogP contribution in [0.2, 0.25) is 0 Å². The molecular weight excluding hydrogens is 178 g/mol. The van der Waals surface area contributed by atoms with E-state index in [0.717, 1.165) is 12.0 Å². The third kappa shape index (κ3) is 1.55. The summed E-state index contributed by atoms with van der Waals surface area (Å²) in [6.07, 6.45) is 0.961. The van der Waals surface area contributed by atoms with E-state index in [9.17, 15) is 5.11 Å². The van der Waals surface area contributed by atoms with Gasteiger partial charge < -0.3 is 15.6 Å². The van der Waals surface area contributed by atoms with Gasteiger partial charge in [-0.15, -0.1) is 0 Å². The number of para-hydroxylation sites is 1. The van der Waals surface area contributed by atoms with Crippen LogP contribution in [0.3, 0.4) is 0 Å². The zero-order chi connectivity index (χ0) is 10.1. The zero-order valence-electron chi connectivity index (χ0n) is 8.23. The number of rotatable bonds is 3. The molecule has 0 aromatic heterocycles. The number of phenols is 1. The van der Waals surface area contributed by atoms with Crippen molar-refractivity contribution in [2.45, 2.75) is 25.3 Å². The summed E-state index contributed by atoms with van der Waals surface area (Å²) in [5.74, 6) is 1.13. The highest BCUT2D eigenvalue weighted by Crippen LogP contribution is 2.45. The average molecular weight is 193 g/mol. The maximum absolute atomic E-state index is 9.87. The van der Waals surface area contributed by atoms with Crippen LogP contribution in [0.1, 0.15) is 24.8 Å². The molecule has 0 bridgehead atoms. The number of hydrogen-bond donors (Lipinski definition) is 2. The number of nitrogens with two attached hydrogens (primary N) is 1. The minimum Gasteiger partial charge on any atom is -0.504 e. The Balaban J connectivity index is 2.27. The lowest BCUT2D eigenvalue weighted by Gasteiger charge is -2.09. The van der Waals surface area contributed by atoms with Crippen molar-refractivity contribution < 1.29 is 9.84 Å². The first-order valence-electron chi connectivity index (χ1n) is 4.94. The molecule has 3 N–H and O–H groups in total. The van der Waals surface area contributed by atoms with Crippen molar-refractivity contribution in [1.29, 1.82) is 0 Å². The lowest BCUT2D eigenvalue weighted by molar-refractivity contribution is 0.316. The van der Waals surface area contributed by atoms with Crippen molar-refractivity contribution in [3.8, 4) is 11.5 Å². The summed E-state index contributed by atoms with van der Waals surface area (Å²) in [4.78, 5) is 0. The molecule has 3 nitrogen and oxygen atoms in total. The lowest BCUT2D eigenvalue weighted by Crippen LogP contribution is -2.01. The second-order valence-corrected chi connectivity index (χ2v) is 3.63. The normalized spacial score (nSPS) is 24.7. The van der Waals surface area contributed by atoms with Crippen molar-refractivity contribution in [2.24, 2.45) is 5.73 Å². The van der Waals surface area contributed by atoms with E-state index in [2.05, 4.69) is 0 Å². The van der Waals surface area contributed by atoms with Gasteiger partial charge in [0.25, 0.3) is 0 Å². The summed E-state index contributed by atoms with van der Waals surface area (Å²) in [7, 11) is 0. The van der Waals surface area contributed by atoms with Crippen LogP contribution in [-0.4, -0.2) is 17.8 Å². The quantitative estimate of drug-likeness (QED) is 0.766. The van der Waals surface area contributed by atoms with Gasteiger partial charge in [0.2, 0.25) is 0 Å². The maximum atomic E-state index is 9.87. The van der Waals surface area contributed by atoms with Gasteiger partial charge >= 0.3 is 0 Å². The van der Waals surface area contributed by atoms with Crippen molar-refractivity contribution in [3.63, 3.8) is 0 Å². The Morgan fingerprint density at radius 3 is 2.86 bits per heavy atom. The third-order valence-corrected chi connectivity index (χ3v) is 2.57. The molecule has 1 saturated carbocycles. The van der Waals surface area contributed by atoms with Crippen molar-refractivity contribution in [3.05, 3.63) is 23.8 Å². The average Bonchev–Trinajstić information content (AvgIpc) is 2.87. The second kappa shape index (κ2) is 3.50. The Morgan fingerprint density at radius 2 is 2.29 bits per heavy atom. The predicted molar refractivity (Wildman–Crippen MR) is 54.6 cm³/mol. The Kier molecular flexibility index (Phi) is 2.33. The molecule has 1 aliphatic carbocycles. The van der Waals surface area contributed by atoms with Crippen LogP contribution in [0.5, 0.6) is 11.5 Å². The molecule has 14 heavy (non-hydrogen) atoms. The SMILES string of the molecule is CCOc1cccc([C@@H]2C[C@H]2N)c1O. The Morgan fingerprint density at radius 1 is 1.57 bits per heavy atom. The molecule has 0 heterocycles. The number of aromatic hydroxyl groups is 1. The highest BCUT2D eigenvalue weighted by atomic mass is 16.5. The van der Waals surface area contributed by atoms with Crippen LogP contribution in [0, 0.1) is 0 Å². The molecule has 0 saturated heterocycles. The van der Waals surface area contributed by atoms with E-state index < -0.39 is 0 Å². The first-order valence-corrected chi connectivity index (χ1v) is 4.94. The van der Waals surface area contributed by atoms with Gasteiger partial charge in [0.1, 0.15) is 0 Å². The van der Waals surface area contributed by atoms with E-state index >= 15 is 0 Å². The topological polar surface area (TPSA) is 55.5 Å². The molecule has 3 heteroatoms. The smallest absolute Gasteiger partial charge is 0.161 e. The van der Waals surface area contributed by atoms with Gasteiger partial charge in [-0.2, -0.15) is 0 Å². The van der Waals surface area contributed by atoms with Gasteiger partial charge in [0.05, 0.1) is 6.61 Å². The zero-order valence-corrected chi connectivity index (χ0v) is 8.23. The number of ether oxygens (including phenoxy) is 1. The van der Waals surface area contributed by atoms with Crippen molar-refractivity contribution in [1.82, 2.24) is 0 Å². The summed E-state index contributed by atoms with van der Waals surface area (Å²) in [5.41, 5.74) is 6.66. The molecule has 1 fully saturated rings. The minimum absolute atomic E-state index is 0.206. The summed E-state index contributed by atoms with van der Waals surface area (Å²) < 4.78 is 5.30. The van der Waals surface area contributed by atoms with Gasteiger partial charge in [-0.1, -0.05) is 12.1 Å². The van der Waals surface area contributed by atoms with Crippen molar-refractivity contribution >= 4 is 0 Å². The number of hydrogen-bond acceptors (Lipinski definition) is 3. The first kappa shape index (κ1) is 9.34. The number of phenolic OH excluding ortho intramolecular Hbond substituents is 1. The largest absolute Gasteiger partial charge is 0.504 e.